The lowest BCUT2D eigenvalue weighted by Gasteiger charge is -2.14. The molecular weight excluding hydrogens is 315 g/mol. The van der Waals surface area contributed by atoms with Crippen LogP contribution in [0.25, 0.3) is 0 Å². The molecule has 1 aromatic carbocycles. The summed E-state index contributed by atoms with van der Waals surface area (Å²) in [5, 5.41) is 5.83. The van der Waals surface area contributed by atoms with Gasteiger partial charge in [0.05, 0.1) is 12.6 Å². The molecule has 0 spiro atoms. The highest BCUT2D eigenvalue weighted by Gasteiger charge is 2.12. The van der Waals surface area contributed by atoms with E-state index < -0.39 is 0 Å². The molecule has 1 atom stereocenters. The molecule has 106 valence electrons. The van der Waals surface area contributed by atoms with Crippen LogP contribution in [-0.4, -0.2) is 32.2 Å². The van der Waals surface area contributed by atoms with Gasteiger partial charge in [-0.05, 0) is 24.6 Å². The van der Waals surface area contributed by atoms with Crippen molar-refractivity contribution in [3.8, 4) is 0 Å². The number of hydrogen-bond donors (Lipinski definition) is 2. The molecule has 6 heteroatoms. The first kappa shape index (κ1) is 16.1. The van der Waals surface area contributed by atoms with Gasteiger partial charge in [-0.1, -0.05) is 22.0 Å². The van der Waals surface area contributed by atoms with E-state index in [0.717, 1.165) is 5.56 Å². The number of ether oxygens (including phenoxy) is 1. The zero-order chi connectivity index (χ0) is 14.3. The molecule has 0 aliphatic carbocycles. The van der Waals surface area contributed by atoms with Crippen molar-refractivity contribution in [1.82, 2.24) is 10.6 Å². The predicted octanol–water partition coefficient (Wildman–Crippen LogP) is 1.83. The van der Waals surface area contributed by atoms with Gasteiger partial charge < -0.3 is 15.4 Å². The number of rotatable bonds is 7. The monoisotopic (exact) mass is 332 g/mol. The maximum atomic E-state index is 12.9. The summed E-state index contributed by atoms with van der Waals surface area (Å²) < 4.78 is 18.5. The molecule has 0 aliphatic rings. The van der Waals surface area contributed by atoms with E-state index in [2.05, 4.69) is 26.6 Å². The summed E-state index contributed by atoms with van der Waals surface area (Å²) in [4.78, 5) is 11.7. The van der Waals surface area contributed by atoms with Crippen LogP contribution in [0, 0.1) is 5.82 Å². The number of carbonyl (C=O) groups is 1. The largest absolute Gasteiger partial charge is 0.383 e. The van der Waals surface area contributed by atoms with Crippen LogP contribution in [0.1, 0.15) is 12.5 Å². The van der Waals surface area contributed by atoms with Crippen LogP contribution < -0.4 is 10.6 Å². The molecule has 0 aliphatic heterocycles. The van der Waals surface area contributed by atoms with Crippen LogP contribution in [0.3, 0.4) is 0 Å². The second-order valence-electron chi connectivity index (χ2n) is 4.12. The standard InChI is InChI=1S/C13H18BrFN2O2/c1-9(13(18)16-5-6-19-2)17-8-10-3-4-11(15)7-12(10)14/h3-4,7,9,17H,5-6,8H2,1-2H3,(H,16,18). The van der Waals surface area contributed by atoms with Crippen LogP contribution in [-0.2, 0) is 16.1 Å². The van der Waals surface area contributed by atoms with Crippen molar-refractivity contribution in [2.24, 2.45) is 0 Å². The Morgan fingerprint density at radius 2 is 2.26 bits per heavy atom. The fourth-order valence-corrected chi connectivity index (χ4v) is 1.94. The van der Waals surface area contributed by atoms with Gasteiger partial charge in [0.1, 0.15) is 5.82 Å². The maximum absolute atomic E-state index is 12.9. The Labute approximate surface area is 120 Å². The average molecular weight is 333 g/mol. The highest BCUT2D eigenvalue weighted by atomic mass is 79.9. The Bertz CT molecular complexity index is 429. The van der Waals surface area contributed by atoms with E-state index in [1.807, 2.05) is 0 Å². The first-order valence-corrected chi connectivity index (χ1v) is 6.78. The fourth-order valence-electron chi connectivity index (χ4n) is 1.45. The molecule has 1 rings (SSSR count). The van der Waals surface area contributed by atoms with Crippen LogP contribution >= 0.6 is 15.9 Å². The molecule has 0 radical (unpaired) electrons. The second kappa shape index (κ2) is 8.24. The third kappa shape index (κ3) is 5.67. The molecule has 2 N–H and O–H groups in total. The lowest BCUT2D eigenvalue weighted by Crippen LogP contribution is -2.42. The summed E-state index contributed by atoms with van der Waals surface area (Å²) in [7, 11) is 1.58. The molecule has 1 amide bonds. The third-order valence-corrected chi connectivity index (χ3v) is 3.35. The van der Waals surface area contributed by atoms with Crippen LogP contribution in [0.5, 0.6) is 0 Å². The van der Waals surface area contributed by atoms with Crippen molar-refractivity contribution in [3.05, 3.63) is 34.1 Å². The van der Waals surface area contributed by atoms with E-state index in [-0.39, 0.29) is 17.8 Å². The maximum Gasteiger partial charge on any atom is 0.236 e. The number of nitrogens with one attached hydrogen (secondary N) is 2. The highest BCUT2D eigenvalue weighted by molar-refractivity contribution is 9.10. The predicted molar refractivity (Wildman–Crippen MR) is 75.3 cm³/mol. The van der Waals surface area contributed by atoms with Crippen molar-refractivity contribution in [2.75, 3.05) is 20.3 Å². The summed E-state index contributed by atoms with van der Waals surface area (Å²) in [5.74, 6) is -0.378. The molecule has 4 nitrogen and oxygen atoms in total. The molecule has 0 bridgehead atoms. The fraction of sp³-hybridized carbons (Fsp3) is 0.462. The number of carbonyl (C=O) groups excluding carboxylic acids is 1. The first-order valence-electron chi connectivity index (χ1n) is 5.98. The zero-order valence-electron chi connectivity index (χ0n) is 11.0. The van der Waals surface area contributed by atoms with Crippen molar-refractivity contribution < 1.29 is 13.9 Å². The summed E-state index contributed by atoms with van der Waals surface area (Å²) >= 11 is 3.29. The quantitative estimate of drug-likeness (QED) is 0.749. The summed E-state index contributed by atoms with van der Waals surface area (Å²) in [6.45, 7) is 3.24. The Morgan fingerprint density at radius 3 is 2.89 bits per heavy atom. The Kier molecular flexibility index (Phi) is 6.97. The number of methoxy groups -OCH3 is 1. The minimum Gasteiger partial charge on any atom is -0.383 e. The van der Waals surface area contributed by atoms with Gasteiger partial charge >= 0.3 is 0 Å². The smallest absolute Gasteiger partial charge is 0.236 e. The van der Waals surface area contributed by atoms with Gasteiger partial charge in [-0.2, -0.15) is 0 Å². The molecule has 0 saturated carbocycles. The number of benzene rings is 1. The lowest BCUT2D eigenvalue weighted by atomic mass is 10.2. The minimum atomic E-state index is -0.325. The van der Waals surface area contributed by atoms with Gasteiger partial charge in [-0.25, -0.2) is 4.39 Å². The van der Waals surface area contributed by atoms with Crippen molar-refractivity contribution in [2.45, 2.75) is 19.5 Å². The Balaban J connectivity index is 2.40. The van der Waals surface area contributed by atoms with Gasteiger partial charge in [0.25, 0.3) is 0 Å². The molecule has 1 unspecified atom stereocenters. The van der Waals surface area contributed by atoms with Gasteiger partial charge in [0.2, 0.25) is 5.91 Å². The second-order valence-corrected chi connectivity index (χ2v) is 4.98. The molecule has 0 fully saturated rings. The topological polar surface area (TPSA) is 50.4 Å². The zero-order valence-corrected chi connectivity index (χ0v) is 12.6. The molecule has 0 heterocycles. The van der Waals surface area contributed by atoms with Crippen LogP contribution in [0.2, 0.25) is 0 Å². The summed E-state index contributed by atoms with van der Waals surface area (Å²) in [5.41, 5.74) is 0.901. The van der Waals surface area contributed by atoms with E-state index in [0.29, 0.717) is 24.2 Å². The lowest BCUT2D eigenvalue weighted by molar-refractivity contribution is -0.122. The first-order chi connectivity index (χ1) is 9.04. The number of hydrogen-bond acceptors (Lipinski definition) is 3. The molecule has 19 heavy (non-hydrogen) atoms. The van der Waals surface area contributed by atoms with E-state index in [9.17, 15) is 9.18 Å². The molecule has 1 aromatic rings. The minimum absolute atomic E-state index is 0.0877. The number of amides is 1. The van der Waals surface area contributed by atoms with Crippen LogP contribution in [0.15, 0.2) is 22.7 Å². The van der Waals surface area contributed by atoms with Crippen molar-refractivity contribution in [1.29, 1.82) is 0 Å². The van der Waals surface area contributed by atoms with E-state index in [1.54, 1.807) is 20.1 Å². The van der Waals surface area contributed by atoms with Gasteiger partial charge in [0, 0.05) is 24.7 Å². The number of halogens is 2. The molecule has 0 aromatic heterocycles. The van der Waals surface area contributed by atoms with Gasteiger partial charge in [-0.3, -0.25) is 4.79 Å². The average Bonchev–Trinajstić information content (AvgIpc) is 2.37. The normalized spacial score (nSPS) is 12.2. The van der Waals surface area contributed by atoms with Crippen molar-refractivity contribution >= 4 is 21.8 Å². The Hall–Kier alpha value is -0.980. The van der Waals surface area contributed by atoms with Crippen LogP contribution in [0.4, 0.5) is 4.39 Å². The summed E-state index contributed by atoms with van der Waals surface area (Å²) in [6, 6.07) is 4.15. The van der Waals surface area contributed by atoms with E-state index in [4.69, 9.17) is 4.74 Å². The summed E-state index contributed by atoms with van der Waals surface area (Å²) in [6.07, 6.45) is 0. The van der Waals surface area contributed by atoms with E-state index in [1.165, 1.54) is 12.1 Å². The van der Waals surface area contributed by atoms with Gasteiger partial charge in [-0.15, -0.1) is 0 Å². The highest BCUT2D eigenvalue weighted by Crippen LogP contribution is 2.17. The Morgan fingerprint density at radius 1 is 1.53 bits per heavy atom. The van der Waals surface area contributed by atoms with Crippen molar-refractivity contribution in [3.63, 3.8) is 0 Å². The molecule has 0 saturated heterocycles. The molecular formula is C13H18BrFN2O2. The van der Waals surface area contributed by atoms with E-state index >= 15 is 0 Å². The third-order valence-electron chi connectivity index (χ3n) is 2.61. The SMILES string of the molecule is COCCNC(=O)C(C)NCc1ccc(F)cc1Br. The van der Waals surface area contributed by atoms with Gasteiger partial charge in [0.15, 0.2) is 0 Å².